The number of hydrogen-bond donors (Lipinski definition) is 3. The van der Waals surface area contributed by atoms with Crippen molar-refractivity contribution in [1.82, 2.24) is 5.32 Å². The molecule has 0 saturated carbocycles. The molecule has 0 rings (SSSR count). The lowest BCUT2D eigenvalue weighted by atomic mass is 10.1. The largest absolute Gasteiger partial charge is 0.550 e. The summed E-state index contributed by atoms with van der Waals surface area (Å²) in [6, 6.07) is -2.48. The minimum Gasteiger partial charge on any atom is -0.550 e. The quantitative estimate of drug-likeness (QED) is 0.407. The number of carboxylic acid groups (broad SMARTS) is 2. The summed E-state index contributed by atoms with van der Waals surface area (Å²) in [5.41, 5.74) is 3.34. The average Bonchev–Trinajstić information content (AvgIpc) is 2.21. The molecule has 0 aromatic carbocycles. The van der Waals surface area contributed by atoms with Gasteiger partial charge in [0.1, 0.15) is 6.10 Å². The topological polar surface area (TPSA) is 157 Å². The molecule has 0 saturated heterocycles. The minimum atomic E-state index is -1.60. The van der Waals surface area contributed by atoms with Gasteiger partial charge in [0.2, 0.25) is 0 Å². The van der Waals surface area contributed by atoms with Gasteiger partial charge < -0.3 is 36.0 Å². The summed E-state index contributed by atoms with van der Waals surface area (Å²) < 4.78 is 0. The maximum atomic E-state index is 11.4. The van der Waals surface area contributed by atoms with Gasteiger partial charge in [-0.1, -0.05) is 0 Å². The number of nitrogens with one attached hydrogen (secondary N) is 1. The lowest BCUT2D eigenvalue weighted by molar-refractivity contribution is -0.419. The number of aliphatic hydroxyl groups excluding tert-OH is 1. The van der Waals surface area contributed by atoms with Gasteiger partial charge in [0, 0.05) is 5.97 Å². The average molecular weight is 247 g/mol. The number of quaternary nitrogens is 1. The monoisotopic (exact) mass is 247 g/mol. The van der Waals surface area contributed by atoms with Crippen LogP contribution in [0.5, 0.6) is 0 Å². The normalized spacial score (nSPS) is 15.7. The van der Waals surface area contributed by atoms with Crippen molar-refractivity contribution < 1.29 is 35.4 Å². The number of hydrogen-bond acceptors (Lipinski definition) is 6. The third-order valence-electron chi connectivity index (χ3n) is 2.16. The zero-order valence-corrected chi connectivity index (χ0v) is 9.34. The van der Waals surface area contributed by atoms with Gasteiger partial charge in [-0.15, -0.1) is 0 Å². The maximum Gasteiger partial charge on any atom is 0.281 e. The Hall–Kier alpha value is -1.67. The van der Waals surface area contributed by atoms with E-state index in [0.717, 1.165) is 0 Å². The van der Waals surface area contributed by atoms with Crippen molar-refractivity contribution in [3.63, 3.8) is 0 Å². The summed E-state index contributed by atoms with van der Waals surface area (Å²) in [7, 11) is 0. The standard InChI is InChI=1S/C9H16N2O6/c1-4(12)7(10)8(15)11-5(9(16)17)2-3-6(13)14/h4-5,7,12H,2-3,10H2,1H3,(H,11,15)(H,13,14)(H,16,17)/p-1/t4-,5+,7+/m1/s1. The molecule has 17 heavy (non-hydrogen) atoms. The van der Waals surface area contributed by atoms with Crippen molar-refractivity contribution >= 4 is 17.8 Å². The van der Waals surface area contributed by atoms with Gasteiger partial charge >= 0.3 is 0 Å². The molecule has 0 aromatic rings. The van der Waals surface area contributed by atoms with Crippen molar-refractivity contribution in [1.29, 1.82) is 0 Å². The van der Waals surface area contributed by atoms with E-state index in [1.54, 1.807) is 0 Å². The molecule has 0 bridgehead atoms. The lowest BCUT2D eigenvalue weighted by Gasteiger charge is -2.21. The molecule has 0 radical (unpaired) electrons. The van der Waals surface area contributed by atoms with E-state index in [9.17, 15) is 24.6 Å². The van der Waals surface area contributed by atoms with Crippen LogP contribution in [0.4, 0.5) is 0 Å². The van der Waals surface area contributed by atoms with E-state index >= 15 is 0 Å². The molecule has 0 spiro atoms. The first kappa shape index (κ1) is 15.3. The molecular formula is C9H15N2O6-. The number of rotatable bonds is 7. The Balaban J connectivity index is 4.39. The minimum absolute atomic E-state index is 0.344. The molecule has 8 heteroatoms. The van der Waals surface area contributed by atoms with Crippen LogP contribution in [0.3, 0.4) is 0 Å². The summed E-state index contributed by atoms with van der Waals surface area (Å²) in [6.07, 6.45) is -1.91. The van der Waals surface area contributed by atoms with E-state index in [-0.39, 0.29) is 6.42 Å². The van der Waals surface area contributed by atoms with Crippen LogP contribution in [0.25, 0.3) is 0 Å². The number of aliphatic carboxylic acids is 2. The second-order valence-corrected chi connectivity index (χ2v) is 3.64. The summed E-state index contributed by atoms with van der Waals surface area (Å²) in [6.45, 7) is 1.33. The molecule has 1 amide bonds. The fourth-order valence-electron chi connectivity index (χ4n) is 1.01. The molecular weight excluding hydrogens is 232 g/mol. The Labute approximate surface area is 97.4 Å². The van der Waals surface area contributed by atoms with Crippen molar-refractivity contribution in [2.75, 3.05) is 0 Å². The molecule has 0 aliphatic heterocycles. The predicted octanol–water partition coefficient (Wildman–Crippen LogP) is -5.26. The Bertz CT molecular complexity index is 304. The van der Waals surface area contributed by atoms with Crippen LogP contribution in [0, 0.1) is 0 Å². The van der Waals surface area contributed by atoms with Crippen LogP contribution in [0.2, 0.25) is 0 Å². The highest BCUT2D eigenvalue weighted by Crippen LogP contribution is 1.97. The van der Waals surface area contributed by atoms with Crippen LogP contribution >= 0.6 is 0 Å². The van der Waals surface area contributed by atoms with Crippen molar-refractivity contribution in [2.45, 2.75) is 38.0 Å². The fraction of sp³-hybridized carbons (Fsp3) is 0.667. The van der Waals surface area contributed by atoms with E-state index < -0.39 is 42.5 Å². The molecule has 0 aromatic heterocycles. The SMILES string of the molecule is C[C@@H](O)[C@H]([NH3+])C(=O)N[C@@H](CCC(=O)[O-])C(=O)[O-]. The molecule has 0 aliphatic carbocycles. The Morgan fingerprint density at radius 2 is 1.88 bits per heavy atom. The highest BCUT2D eigenvalue weighted by atomic mass is 16.4. The summed E-state index contributed by atoms with van der Waals surface area (Å²) >= 11 is 0. The number of amides is 1. The number of carboxylic acids is 2. The first-order valence-electron chi connectivity index (χ1n) is 4.98. The summed E-state index contributed by atoms with van der Waals surface area (Å²) in [5, 5.41) is 31.9. The van der Waals surface area contributed by atoms with Crippen molar-refractivity contribution in [2.24, 2.45) is 0 Å². The zero-order valence-electron chi connectivity index (χ0n) is 9.34. The fourth-order valence-corrected chi connectivity index (χ4v) is 1.01. The Morgan fingerprint density at radius 3 is 2.24 bits per heavy atom. The number of carbonyl (C=O) groups is 3. The first-order chi connectivity index (χ1) is 7.75. The molecule has 98 valence electrons. The highest BCUT2D eigenvalue weighted by Gasteiger charge is 2.25. The predicted molar refractivity (Wildman–Crippen MR) is 49.5 cm³/mol. The van der Waals surface area contributed by atoms with Gasteiger partial charge in [-0.05, 0) is 19.8 Å². The van der Waals surface area contributed by atoms with Crippen LogP contribution < -0.4 is 21.3 Å². The Morgan fingerprint density at radius 1 is 1.35 bits per heavy atom. The first-order valence-corrected chi connectivity index (χ1v) is 4.98. The van der Waals surface area contributed by atoms with Crippen molar-refractivity contribution in [3.05, 3.63) is 0 Å². The summed E-state index contributed by atoms with van der Waals surface area (Å²) in [5.74, 6) is -3.81. The van der Waals surface area contributed by atoms with Gasteiger partial charge in [0.05, 0.1) is 12.0 Å². The Kier molecular flexibility index (Phi) is 6.15. The van der Waals surface area contributed by atoms with Crippen molar-refractivity contribution in [3.8, 4) is 0 Å². The van der Waals surface area contributed by atoms with Gasteiger partial charge in [-0.3, -0.25) is 4.79 Å². The van der Waals surface area contributed by atoms with Crippen LogP contribution in [0.1, 0.15) is 19.8 Å². The third-order valence-corrected chi connectivity index (χ3v) is 2.16. The molecule has 0 heterocycles. The molecule has 0 unspecified atom stereocenters. The van der Waals surface area contributed by atoms with Gasteiger partial charge in [-0.2, -0.15) is 0 Å². The maximum absolute atomic E-state index is 11.4. The number of aliphatic hydroxyl groups is 1. The molecule has 0 fully saturated rings. The zero-order chi connectivity index (χ0) is 13.6. The lowest BCUT2D eigenvalue weighted by Crippen LogP contribution is -2.73. The van der Waals surface area contributed by atoms with Crippen LogP contribution in [-0.2, 0) is 14.4 Å². The number of carbonyl (C=O) groups excluding carboxylic acids is 3. The van der Waals surface area contributed by atoms with E-state index in [1.165, 1.54) is 6.92 Å². The van der Waals surface area contributed by atoms with E-state index in [0.29, 0.717) is 0 Å². The van der Waals surface area contributed by atoms with Crippen LogP contribution in [-0.4, -0.2) is 41.1 Å². The molecule has 5 N–H and O–H groups in total. The van der Waals surface area contributed by atoms with Crippen LogP contribution in [0.15, 0.2) is 0 Å². The molecule has 3 atom stereocenters. The van der Waals surface area contributed by atoms with Gasteiger partial charge in [0.15, 0.2) is 6.04 Å². The second kappa shape index (κ2) is 6.81. The van der Waals surface area contributed by atoms with E-state index in [4.69, 9.17) is 5.11 Å². The van der Waals surface area contributed by atoms with E-state index in [2.05, 4.69) is 5.73 Å². The van der Waals surface area contributed by atoms with Gasteiger partial charge in [-0.25, -0.2) is 0 Å². The second-order valence-electron chi connectivity index (χ2n) is 3.64. The molecule has 0 aliphatic rings. The smallest absolute Gasteiger partial charge is 0.281 e. The highest BCUT2D eigenvalue weighted by molar-refractivity contribution is 5.85. The van der Waals surface area contributed by atoms with Gasteiger partial charge in [0.25, 0.3) is 5.91 Å². The summed E-state index contributed by atoms with van der Waals surface area (Å²) in [4.78, 5) is 32.1. The third kappa shape index (κ3) is 5.83. The van der Waals surface area contributed by atoms with E-state index in [1.807, 2.05) is 5.32 Å². The molecule has 8 nitrogen and oxygen atoms in total.